The lowest BCUT2D eigenvalue weighted by Crippen LogP contribution is -2.39. The van der Waals surface area contributed by atoms with E-state index in [0.717, 1.165) is 11.8 Å². The number of nitrogens with two attached hydrogens (primary N) is 1. The summed E-state index contributed by atoms with van der Waals surface area (Å²) >= 11 is 2.07. The molecule has 0 radical (unpaired) electrons. The molecule has 0 amide bonds. The van der Waals surface area contributed by atoms with Gasteiger partial charge in [0.25, 0.3) is 0 Å². The Hall–Kier alpha value is 0.270. The van der Waals surface area contributed by atoms with Crippen LogP contribution in [0.2, 0.25) is 0 Å². The fourth-order valence-electron chi connectivity index (χ4n) is 1.43. The van der Waals surface area contributed by atoms with E-state index in [1.54, 1.807) is 0 Å². The summed E-state index contributed by atoms with van der Waals surface area (Å²) in [6.07, 6.45) is 1.33. The van der Waals surface area contributed by atoms with Gasteiger partial charge < -0.3 is 0 Å². The van der Waals surface area contributed by atoms with Crippen LogP contribution in [-0.4, -0.2) is 28.6 Å². The van der Waals surface area contributed by atoms with Crippen LogP contribution in [0.1, 0.15) is 6.42 Å². The van der Waals surface area contributed by atoms with E-state index in [1.807, 2.05) is 5.01 Å². The highest BCUT2D eigenvalue weighted by atomic mass is 32.2. The molecule has 2 aliphatic heterocycles. The van der Waals surface area contributed by atoms with Crippen LogP contribution in [-0.2, 0) is 0 Å². The van der Waals surface area contributed by atoms with E-state index in [9.17, 15) is 0 Å². The van der Waals surface area contributed by atoms with E-state index >= 15 is 0 Å². The van der Waals surface area contributed by atoms with Gasteiger partial charge in [0.05, 0.1) is 0 Å². The molecule has 3 heteroatoms. The average Bonchev–Trinajstić information content (AvgIpc) is 2.23. The largest absolute Gasteiger partial charge is 0.268 e. The molecule has 8 heavy (non-hydrogen) atoms. The number of hydrazine groups is 1. The summed E-state index contributed by atoms with van der Waals surface area (Å²) in [5.74, 6) is 6.90. The Bertz CT molecular complexity index is 105. The van der Waals surface area contributed by atoms with E-state index in [0.29, 0.717) is 6.04 Å². The molecule has 2 saturated heterocycles. The SMILES string of the molecule is NN1CC2CC1CS2. The molecule has 2 rings (SSSR count). The molecule has 0 aromatic heterocycles. The second-order valence-electron chi connectivity index (χ2n) is 2.54. The Labute approximate surface area is 53.4 Å². The number of rotatable bonds is 0. The van der Waals surface area contributed by atoms with E-state index < -0.39 is 0 Å². The third-order valence-corrected chi connectivity index (χ3v) is 3.33. The zero-order valence-electron chi connectivity index (χ0n) is 4.71. The molecule has 0 saturated carbocycles. The fraction of sp³-hybridized carbons (Fsp3) is 1.00. The highest BCUT2D eigenvalue weighted by molar-refractivity contribution is 8.00. The van der Waals surface area contributed by atoms with Crippen molar-refractivity contribution in [2.75, 3.05) is 12.3 Å². The highest BCUT2D eigenvalue weighted by Gasteiger charge is 2.36. The van der Waals surface area contributed by atoms with Crippen molar-refractivity contribution in [3.05, 3.63) is 0 Å². The average molecular weight is 130 g/mol. The molecular weight excluding hydrogens is 120 g/mol. The molecule has 46 valence electrons. The standard InChI is InChI=1S/C5H10N2S/c6-7-2-5-1-4(7)3-8-5/h4-5H,1-3,6H2. The Morgan fingerprint density at radius 1 is 1.62 bits per heavy atom. The van der Waals surface area contributed by atoms with Gasteiger partial charge in [-0.1, -0.05) is 0 Å². The molecule has 2 aliphatic rings. The van der Waals surface area contributed by atoms with Gasteiger partial charge in [-0.05, 0) is 6.42 Å². The van der Waals surface area contributed by atoms with Crippen molar-refractivity contribution < 1.29 is 0 Å². The monoisotopic (exact) mass is 130 g/mol. The third-order valence-electron chi connectivity index (χ3n) is 1.94. The van der Waals surface area contributed by atoms with Gasteiger partial charge in [-0.3, -0.25) is 5.84 Å². The van der Waals surface area contributed by atoms with Crippen molar-refractivity contribution in [3.8, 4) is 0 Å². The van der Waals surface area contributed by atoms with Gasteiger partial charge >= 0.3 is 0 Å². The molecule has 0 aliphatic carbocycles. The third kappa shape index (κ3) is 0.584. The molecule has 2 bridgehead atoms. The quantitative estimate of drug-likeness (QED) is 0.470. The topological polar surface area (TPSA) is 29.3 Å². The first-order valence-corrected chi connectivity index (χ1v) is 4.04. The first-order chi connectivity index (χ1) is 3.86. The van der Waals surface area contributed by atoms with Crippen molar-refractivity contribution >= 4 is 11.8 Å². The molecule has 0 spiro atoms. The van der Waals surface area contributed by atoms with Crippen molar-refractivity contribution in [2.24, 2.45) is 5.84 Å². The molecular formula is C5H10N2S. The maximum absolute atomic E-state index is 5.64. The number of nitrogens with zero attached hydrogens (tertiary/aromatic N) is 1. The zero-order chi connectivity index (χ0) is 5.56. The molecule has 2 atom stereocenters. The van der Waals surface area contributed by atoms with E-state index in [4.69, 9.17) is 5.84 Å². The second-order valence-corrected chi connectivity index (χ2v) is 3.87. The lowest BCUT2D eigenvalue weighted by atomic mass is 10.3. The molecule has 2 N–H and O–H groups in total. The van der Waals surface area contributed by atoms with Crippen molar-refractivity contribution in [1.82, 2.24) is 5.01 Å². The van der Waals surface area contributed by atoms with Crippen molar-refractivity contribution in [2.45, 2.75) is 17.7 Å². The summed E-state index contributed by atoms with van der Waals surface area (Å²) in [5.41, 5.74) is 0. The van der Waals surface area contributed by atoms with Crippen LogP contribution in [0.15, 0.2) is 0 Å². The predicted octanol–water partition coefficient (Wildman–Crippen LogP) is 0.0498. The minimum Gasteiger partial charge on any atom is -0.268 e. The van der Waals surface area contributed by atoms with Crippen molar-refractivity contribution in [1.29, 1.82) is 0 Å². The minimum absolute atomic E-state index is 0.713. The lowest BCUT2D eigenvalue weighted by molar-refractivity contribution is 0.279. The lowest BCUT2D eigenvalue weighted by Gasteiger charge is -2.19. The molecule has 0 aromatic rings. The van der Waals surface area contributed by atoms with E-state index in [1.165, 1.54) is 12.2 Å². The summed E-state index contributed by atoms with van der Waals surface area (Å²) < 4.78 is 0. The molecule has 2 nitrogen and oxygen atoms in total. The first kappa shape index (κ1) is 5.09. The van der Waals surface area contributed by atoms with Crippen LogP contribution in [0.3, 0.4) is 0 Å². The summed E-state index contributed by atoms with van der Waals surface area (Å²) in [5, 5.41) is 2.85. The summed E-state index contributed by atoms with van der Waals surface area (Å²) in [6.45, 7) is 1.12. The Kier molecular flexibility index (Phi) is 1.03. The smallest absolute Gasteiger partial charge is 0.0343 e. The maximum atomic E-state index is 5.64. The van der Waals surface area contributed by atoms with Crippen LogP contribution in [0, 0.1) is 0 Å². The predicted molar refractivity (Wildman–Crippen MR) is 35.5 cm³/mol. The molecule has 2 heterocycles. The number of thioether (sulfide) groups is 1. The van der Waals surface area contributed by atoms with Crippen LogP contribution in [0.4, 0.5) is 0 Å². The fourth-order valence-corrected chi connectivity index (χ4v) is 2.89. The number of hydrogen-bond donors (Lipinski definition) is 1. The van der Waals surface area contributed by atoms with Crippen LogP contribution >= 0.6 is 11.8 Å². The normalized spacial score (nSPS) is 46.1. The zero-order valence-corrected chi connectivity index (χ0v) is 5.53. The number of fused-ring (bicyclic) bond motifs is 2. The van der Waals surface area contributed by atoms with Gasteiger partial charge in [0, 0.05) is 23.6 Å². The van der Waals surface area contributed by atoms with E-state index in [-0.39, 0.29) is 0 Å². The van der Waals surface area contributed by atoms with E-state index in [2.05, 4.69) is 11.8 Å². The van der Waals surface area contributed by atoms with Gasteiger partial charge in [-0.2, -0.15) is 11.8 Å². The van der Waals surface area contributed by atoms with Crippen LogP contribution < -0.4 is 5.84 Å². The Balaban J connectivity index is 2.11. The minimum atomic E-state index is 0.713. The molecule has 0 aromatic carbocycles. The molecule has 2 fully saturated rings. The van der Waals surface area contributed by atoms with Gasteiger partial charge in [0.2, 0.25) is 0 Å². The van der Waals surface area contributed by atoms with Crippen LogP contribution in [0.5, 0.6) is 0 Å². The van der Waals surface area contributed by atoms with Gasteiger partial charge in [-0.25, -0.2) is 5.01 Å². The number of hydrogen-bond acceptors (Lipinski definition) is 3. The molecule has 2 unspecified atom stereocenters. The van der Waals surface area contributed by atoms with Gasteiger partial charge in [0.1, 0.15) is 0 Å². The summed E-state index contributed by atoms with van der Waals surface area (Å²) in [6, 6.07) is 0.713. The van der Waals surface area contributed by atoms with Crippen molar-refractivity contribution in [3.63, 3.8) is 0 Å². The Morgan fingerprint density at radius 2 is 2.50 bits per heavy atom. The maximum Gasteiger partial charge on any atom is 0.0343 e. The van der Waals surface area contributed by atoms with Gasteiger partial charge in [0.15, 0.2) is 0 Å². The summed E-state index contributed by atoms with van der Waals surface area (Å²) in [4.78, 5) is 0. The Morgan fingerprint density at radius 3 is 2.75 bits per heavy atom. The highest BCUT2D eigenvalue weighted by Crippen LogP contribution is 2.35. The van der Waals surface area contributed by atoms with Crippen LogP contribution in [0.25, 0.3) is 0 Å². The van der Waals surface area contributed by atoms with Gasteiger partial charge in [-0.15, -0.1) is 0 Å². The first-order valence-electron chi connectivity index (χ1n) is 2.99. The summed E-state index contributed by atoms with van der Waals surface area (Å²) in [7, 11) is 0. The second kappa shape index (κ2) is 1.62.